The van der Waals surface area contributed by atoms with Crippen molar-refractivity contribution >= 4 is 11.8 Å². The average Bonchev–Trinajstić information content (AvgIpc) is 3.27. The summed E-state index contributed by atoms with van der Waals surface area (Å²) in [5.41, 5.74) is 0. The monoisotopic (exact) mass is 494 g/mol. The van der Waals surface area contributed by atoms with E-state index in [1.54, 1.807) is 0 Å². The van der Waals surface area contributed by atoms with Gasteiger partial charge in [-0.25, -0.2) is 0 Å². The Morgan fingerprint density at radius 3 is 2.60 bits per heavy atom. The van der Waals surface area contributed by atoms with E-state index < -0.39 is 11.8 Å². The minimum absolute atomic E-state index is 0.00816. The van der Waals surface area contributed by atoms with Crippen LogP contribution >= 0.6 is 0 Å². The number of ketones is 1. The van der Waals surface area contributed by atoms with E-state index in [9.17, 15) is 9.59 Å². The van der Waals surface area contributed by atoms with Gasteiger partial charge in [0.2, 0.25) is 0 Å². The lowest BCUT2D eigenvalue weighted by atomic mass is 9.88. The molecule has 1 saturated carbocycles. The Kier molecular flexibility index (Phi) is 11.2. The summed E-state index contributed by atoms with van der Waals surface area (Å²) >= 11 is 0. The Balaban J connectivity index is 1.65. The van der Waals surface area contributed by atoms with Gasteiger partial charge in [-0.15, -0.1) is 0 Å². The lowest BCUT2D eigenvalue weighted by Crippen LogP contribution is -2.31. The maximum absolute atomic E-state index is 13.1. The Hall–Kier alpha value is -1.28. The molecule has 0 amide bonds. The molecule has 35 heavy (non-hydrogen) atoms. The molecule has 2 heterocycles. The summed E-state index contributed by atoms with van der Waals surface area (Å²) in [6.45, 7) is 6.81. The van der Waals surface area contributed by atoms with Gasteiger partial charge in [0.15, 0.2) is 12.1 Å². The average molecular weight is 495 g/mol. The zero-order valence-electron chi connectivity index (χ0n) is 21.9. The van der Waals surface area contributed by atoms with Crippen LogP contribution in [0.25, 0.3) is 0 Å². The number of Topliss-reactive ketones (excluding diaryl/α,β-unsaturated/α-hetero) is 1. The normalized spacial score (nSPS) is 33.1. The van der Waals surface area contributed by atoms with Crippen LogP contribution in [0.3, 0.4) is 0 Å². The summed E-state index contributed by atoms with van der Waals surface area (Å²) in [4.78, 5) is 23.8. The van der Waals surface area contributed by atoms with Crippen LogP contribution in [-0.2, 0) is 28.5 Å². The van der Waals surface area contributed by atoms with E-state index in [0.29, 0.717) is 19.4 Å². The first-order valence-electron chi connectivity index (χ1n) is 13.8. The molecule has 200 valence electrons. The second kappa shape index (κ2) is 13.9. The first-order valence-corrected chi connectivity index (χ1v) is 13.8. The molecule has 0 aromatic rings. The van der Waals surface area contributed by atoms with Gasteiger partial charge in [0.05, 0.1) is 12.2 Å². The summed E-state index contributed by atoms with van der Waals surface area (Å²) in [7, 11) is 0. The van der Waals surface area contributed by atoms with Crippen LogP contribution in [0.4, 0.5) is 0 Å². The van der Waals surface area contributed by atoms with E-state index in [1.807, 2.05) is 13.8 Å². The van der Waals surface area contributed by atoms with Crippen LogP contribution in [-0.4, -0.2) is 53.9 Å². The van der Waals surface area contributed by atoms with Crippen molar-refractivity contribution in [1.82, 2.24) is 0 Å². The number of ether oxygens (including phenoxy) is 4. The van der Waals surface area contributed by atoms with Crippen molar-refractivity contribution in [2.24, 2.45) is 11.8 Å². The predicted octanol–water partition coefficient (Wildman–Crippen LogP) is 5.80. The number of carboxylic acids is 1. The fourth-order valence-electron chi connectivity index (χ4n) is 5.61. The first kappa shape index (κ1) is 28.3. The summed E-state index contributed by atoms with van der Waals surface area (Å²) in [6.07, 6.45) is 14.8. The van der Waals surface area contributed by atoms with Crippen molar-refractivity contribution < 1.29 is 33.6 Å². The smallest absolute Gasteiger partial charge is 0.303 e. The van der Waals surface area contributed by atoms with Gasteiger partial charge in [-0.1, -0.05) is 51.2 Å². The fraction of sp³-hybridized carbons (Fsp3) is 0.857. The highest BCUT2D eigenvalue weighted by Crippen LogP contribution is 2.39. The second-order valence-electron chi connectivity index (χ2n) is 10.8. The molecule has 3 fully saturated rings. The van der Waals surface area contributed by atoms with Gasteiger partial charge < -0.3 is 24.1 Å². The number of hydrogen-bond acceptors (Lipinski definition) is 6. The number of carbonyl (C=O) groups is 2. The Morgan fingerprint density at radius 2 is 1.89 bits per heavy atom. The predicted molar refractivity (Wildman–Crippen MR) is 133 cm³/mol. The lowest BCUT2D eigenvalue weighted by molar-refractivity contribution is -0.192. The van der Waals surface area contributed by atoms with E-state index >= 15 is 0 Å². The fourth-order valence-corrected chi connectivity index (χ4v) is 5.61. The van der Waals surface area contributed by atoms with Crippen LogP contribution in [0.2, 0.25) is 0 Å². The molecule has 7 heteroatoms. The molecule has 3 unspecified atom stereocenters. The third-order valence-corrected chi connectivity index (χ3v) is 7.42. The van der Waals surface area contributed by atoms with Crippen molar-refractivity contribution in [1.29, 1.82) is 0 Å². The van der Waals surface area contributed by atoms with Gasteiger partial charge in [0.25, 0.3) is 0 Å². The van der Waals surface area contributed by atoms with Crippen LogP contribution in [0, 0.1) is 11.8 Å². The Labute approximate surface area is 210 Å². The highest BCUT2D eigenvalue weighted by molar-refractivity contribution is 5.84. The SMILES string of the molecule is CCCCC1OC(C)(C)OC1C=C[C@H]1[C@@H](OC2CCCCO2)CC(=O)[C@@H]1CCCCCCC(=O)O. The van der Waals surface area contributed by atoms with Gasteiger partial charge >= 0.3 is 5.97 Å². The van der Waals surface area contributed by atoms with E-state index in [0.717, 1.165) is 64.2 Å². The molecular formula is C28H46O7. The molecule has 0 bridgehead atoms. The third-order valence-electron chi connectivity index (χ3n) is 7.42. The maximum atomic E-state index is 13.1. The molecule has 6 atom stereocenters. The lowest BCUT2D eigenvalue weighted by Gasteiger charge is -2.29. The molecule has 7 nitrogen and oxygen atoms in total. The number of carboxylic acid groups (broad SMARTS) is 1. The maximum Gasteiger partial charge on any atom is 0.303 e. The van der Waals surface area contributed by atoms with Crippen molar-refractivity contribution in [2.45, 2.75) is 135 Å². The quantitative estimate of drug-likeness (QED) is 0.241. The number of hydrogen-bond donors (Lipinski definition) is 1. The third kappa shape index (κ3) is 8.96. The van der Waals surface area contributed by atoms with Crippen molar-refractivity contribution in [3.63, 3.8) is 0 Å². The van der Waals surface area contributed by atoms with Gasteiger partial charge in [0.1, 0.15) is 11.9 Å². The highest BCUT2D eigenvalue weighted by Gasteiger charge is 2.44. The topological polar surface area (TPSA) is 91.3 Å². The van der Waals surface area contributed by atoms with E-state index in [2.05, 4.69) is 19.1 Å². The molecule has 1 aliphatic carbocycles. The van der Waals surface area contributed by atoms with Gasteiger partial charge in [-0.05, 0) is 52.4 Å². The van der Waals surface area contributed by atoms with Crippen LogP contribution in [0.15, 0.2) is 12.2 Å². The standard InChI is InChI=1S/C28H46O7/c1-4-5-13-23-24(35-28(2,3)34-23)17-16-21-20(12-8-6-7-9-14-26(30)31)22(29)19-25(21)33-27-15-10-11-18-32-27/h16-17,20-21,23-25,27H,4-15,18-19H2,1-3H3,(H,30,31)/t20-,21-,23?,24?,25+,27?/m1/s1. The van der Waals surface area contributed by atoms with Gasteiger partial charge in [0, 0.05) is 31.3 Å². The zero-order chi connectivity index (χ0) is 25.3. The molecule has 2 saturated heterocycles. The molecule has 0 aromatic carbocycles. The van der Waals surface area contributed by atoms with Crippen LogP contribution < -0.4 is 0 Å². The highest BCUT2D eigenvalue weighted by atomic mass is 16.7. The molecule has 1 N–H and O–H groups in total. The van der Waals surface area contributed by atoms with E-state index in [4.69, 9.17) is 24.1 Å². The van der Waals surface area contributed by atoms with Crippen molar-refractivity contribution in [2.75, 3.05) is 6.61 Å². The largest absolute Gasteiger partial charge is 0.481 e. The summed E-state index contributed by atoms with van der Waals surface area (Å²) in [5.74, 6) is -1.18. The van der Waals surface area contributed by atoms with Gasteiger partial charge in [-0.3, -0.25) is 9.59 Å². The molecule has 2 aliphatic heterocycles. The molecular weight excluding hydrogens is 448 g/mol. The number of aliphatic carboxylic acids is 1. The molecule has 3 rings (SSSR count). The summed E-state index contributed by atoms with van der Waals surface area (Å²) < 4.78 is 24.5. The van der Waals surface area contributed by atoms with E-state index in [-0.39, 0.29) is 48.6 Å². The van der Waals surface area contributed by atoms with Crippen LogP contribution in [0.1, 0.15) is 104 Å². The summed E-state index contributed by atoms with van der Waals surface area (Å²) in [5, 5.41) is 8.83. The minimum Gasteiger partial charge on any atom is -0.481 e. The Morgan fingerprint density at radius 1 is 1.09 bits per heavy atom. The number of carbonyl (C=O) groups excluding carboxylic acids is 1. The first-order chi connectivity index (χ1) is 16.8. The molecule has 3 aliphatic rings. The number of unbranched alkanes of at least 4 members (excludes halogenated alkanes) is 4. The molecule has 0 aromatic heterocycles. The second-order valence-corrected chi connectivity index (χ2v) is 10.8. The van der Waals surface area contributed by atoms with E-state index in [1.165, 1.54) is 0 Å². The molecule has 0 spiro atoms. The van der Waals surface area contributed by atoms with Crippen LogP contribution in [0.5, 0.6) is 0 Å². The minimum atomic E-state index is -0.746. The number of rotatable bonds is 14. The van der Waals surface area contributed by atoms with Gasteiger partial charge in [-0.2, -0.15) is 0 Å². The zero-order valence-corrected chi connectivity index (χ0v) is 21.9. The Bertz CT molecular complexity index is 697. The molecule has 0 radical (unpaired) electrons. The summed E-state index contributed by atoms with van der Waals surface area (Å²) in [6, 6.07) is 0. The van der Waals surface area contributed by atoms with Crippen molar-refractivity contribution in [3.8, 4) is 0 Å². The van der Waals surface area contributed by atoms with Crippen molar-refractivity contribution in [3.05, 3.63) is 12.2 Å².